The summed E-state index contributed by atoms with van der Waals surface area (Å²) in [7, 11) is 1.52. The largest absolute Gasteiger partial charge is 0.289 e. The number of hydroxylamine groups is 2. The Morgan fingerprint density at radius 2 is 1.83 bits per heavy atom. The second-order valence-corrected chi connectivity index (χ2v) is 4.24. The number of allylic oxidation sites excluding steroid dienone is 5. The SMILES string of the molecule is CC1=C/C(=C(/c2ccccc2)N(C)O)C(=O)C=C1. The van der Waals surface area contributed by atoms with Gasteiger partial charge in [0, 0.05) is 18.2 Å². The summed E-state index contributed by atoms with van der Waals surface area (Å²) in [6.45, 7) is 1.92. The van der Waals surface area contributed by atoms with E-state index in [9.17, 15) is 10.0 Å². The third-order valence-electron chi connectivity index (χ3n) is 2.76. The van der Waals surface area contributed by atoms with Gasteiger partial charge in [-0.05, 0) is 19.1 Å². The molecule has 0 bridgehead atoms. The number of hydrogen-bond donors (Lipinski definition) is 1. The molecule has 0 aromatic heterocycles. The van der Waals surface area contributed by atoms with Crippen molar-refractivity contribution in [2.24, 2.45) is 0 Å². The van der Waals surface area contributed by atoms with Gasteiger partial charge in [0.1, 0.15) is 0 Å². The average Bonchev–Trinajstić information content (AvgIpc) is 2.35. The number of carbonyl (C=O) groups excluding carboxylic acids is 1. The lowest BCUT2D eigenvalue weighted by Crippen LogP contribution is -2.17. The topological polar surface area (TPSA) is 40.5 Å². The molecule has 0 fully saturated rings. The van der Waals surface area contributed by atoms with Crippen LogP contribution in [0.2, 0.25) is 0 Å². The molecule has 18 heavy (non-hydrogen) atoms. The zero-order valence-electron chi connectivity index (χ0n) is 10.4. The van der Waals surface area contributed by atoms with Crippen LogP contribution in [0.1, 0.15) is 12.5 Å². The van der Waals surface area contributed by atoms with Gasteiger partial charge in [-0.1, -0.05) is 42.0 Å². The van der Waals surface area contributed by atoms with E-state index in [0.717, 1.165) is 16.2 Å². The molecule has 0 heterocycles. The first-order valence-corrected chi connectivity index (χ1v) is 5.72. The van der Waals surface area contributed by atoms with Gasteiger partial charge in [0.05, 0.1) is 5.70 Å². The Morgan fingerprint density at radius 3 is 2.44 bits per heavy atom. The molecule has 1 aromatic carbocycles. The number of carbonyl (C=O) groups is 1. The van der Waals surface area contributed by atoms with Gasteiger partial charge in [0.25, 0.3) is 0 Å². The number of benzene rings is 1. The monoisotopic (exact) mass is 241 g/mol. The van der Waals surface area contributed by atoms with Crippen LogP contribution in [0.15, 0.2) is 59.7 Å². The highest BCUT2D eigenvalue weighted by Crippen LogP contribution is 2.25. The minimum atomic E-state index is -0.0969. The number of hydrogen-bond acceptors (Lipinski definition) is 3. The van der Waals surface area contributed by atoms with Crippen LogP contribution in [0.25, 0.3) is 5.70 Å². The lowest BCUT2D eigenvalue weighted by molar-refractivity contribution is -0.111. The van der Waals surface area contributed by atoms with Gasteiger partial charge in [-0.2, -0.15) is 0 Å². The summed E-state index contributed by atoms with van der Waals surface area (Å²) in [6.07, 6.45) is 5.08. The normalized spacial score (nSPS) is 17.5. The van der Waals surface area contributed by atoms with Crippen LogP contribution in [-0.2, 0) is 4.79 Å². The molecule has 2 rings (SSSR count). The van der Waals surface area contributed by atoms with Crippen molar-refractivity contribution in [3.63, 3.8) is 0 Å². The zero-order chi connectivity index (χ0) is 13.1. The Bertz CT molecular complexity index is 551. The molecule has 0 spiro atoms. The van der Waals surface area contributed by atoms with E-state index in [1.165, 1.54) is 13.1 Å². The van der Waals surface area contributed by atoms with Crippen molar-refractivity contribution in [1.29, 1.82) is 0 Å². The van der Waals surface area contributed by atoms with Crippen LogP contribution in [-0.4, -0.2) is 23.1 Å². The van der Waals surface area contributed by atoms with E-state index in [2.05, 4.69) is 0 Å². The lowest BCUT2D eigenvalue weighted by atomic mass is 9.96. The van der Waals surface area contributed by atoms with E-state index in [0.29, 0.717) is 11.3 Å². The van der Waals surface area contributed by atoms with Crippen LogP contribution >= 0.6 is 0 Å². The molecule has 0 saturated carbocycles. The predicted octanol–water partition coefficient (Wildman–Crippen LogP) is 2.80. The van der Waals surface area contributed by atoms with E-state index in [4.69, 9.17) is 0 Å². The molecule has 3 nitrogen and oxygen atoms in total. The molecule has 1 aliphatic carbocycles. The Morgan fingerprint density at radius 1 is 1.17 bits per heavy atom. The van der Waals surface area contributed by atoms with Crippen molar-refractivity contribution in [3.05, 3.63) is 65.3 Å². The maximum Gasteiger partial charge on any atom is 0.188 e. The number of nitrogens with zero attached hydrogens (tertiary/aromatic N) is 1. The molecule has 3 heteroatoms. The second-order valence-electron chi connectivity index (χ2n) is 4.24. The van der Waals surface area contributed by atoms with Crippen molar-refractivity contribution in [1.82, 2.24) is 5.06 Å². The quantitative estimate of drug-likeness (QED) is 0.639. The summed E-state index contributed by atoms with van der Waals surface area (Å²) < 4.78 is 0. The molecule has 1 N–H and O–H groups in total. The average molecular weight is 241 g/mol. The molecule has 0 saturated heterocycles. The third-order valence-corrected chi connectivity index (χ3v) is 2.76. The van der Waals surface area contributed by atoms with Gasteiger partial charge in [-0.3, -0.25) is 15.1 Å². The van der Waals surface area contributed by atoms with Gasteiger partial charge < -0.3 is 0 Å². The molecule has 0 radical (unpaired) electrons. The highest BCUT2D eigenvalue weighted by atomic mass is 16.5. The Hall–Kier alpha value is -2.13. The highest BCUT2D eigenvalue weighted by molar-refractivity contribution is 6.12. The first kappa shape index (κ1) is 12.3. The minimum absolute atomic E-state index is 0.0969. The fraction of sp³-hybridized carbons (Fsp3) is 0.133. The van der Waals surface area contributed by atoms with Crippen LogP contribution in [0.3, 0.4) is 0 Å². The molecule has 0 aliphatic heterocycles. The van der Waals surface area contributed by atoms with Crippen molar-refractivity contribution < 1.29 is 10.0 Å². The van der Waals surface area contributed by atoms with Gasteiger partial charge in [0.2, 0.25) is 0 Å². The Balaban J connectivity index is 2.61. The summed E-state index contributed by atoms with van der Waals surface area (Å²) >= 11 is 0. The molecule has 92 valence electrons. The smallest absolute Gasteiger partial charge is 0.188 e. The van der Waals surface area contributed by atoms with Crippen LogP contribution in [0, 0.1) is 0 Å². The zero-order valence-corrected chi connectivity index (χ0v) is 10.4. The van der Waals surface area contributed by atoms with E-state index in [-0.39, 0.29) is 5.78 Å². The summed E-state index contributed by atoms with van der Waals surface area (Å²) in [4.78, 5) is 11.9. The van der Waals surface area contributed by atoms with Crippen LogP contribution in [0.4, 0.5) is 0 Å². The number of ketones is 1. The lowest BCUT2D eigenvalue weighted by Gasteiger charge is -2.19. The molecule has 1 aliphatic rings. The van der Waals surface area contributed by atoms with E-state index < -0.39 is 0 Å². The van der Waals surface area contributed by atoms with Crippen molar-refractivity contribution in [3.8, 4) is 0 Å². The van der Waals surface area contributed by atoms with E-state index in [1.54, 1.807) is 12.2 Å². The summed E-state index contributed by atoms with van der Waals surface area (Å²) in [6, 6.07) is 9.37. The maximum atomic E-state index is 11.9. The fourth-order valence-corrected chi connectivity index (χ4v) is 1.94. The molecular weight excluding hydrogens is 226 g/mol. The third kappa shape index (κ3) is 2.41. The van der Waals surface area contributed by atoms with Crippen LogP contribution in [0.5, 0.6) is 0 Å². The maximum absolute atomic E-state index is 11.9. The fourth-order valence-electron chi connectivity index (χ4n) is 1.94. The summed E-state index contributed by atoms with van der Waals surface area (Å²) in [5, 5.41) is 10.8. The van der Waals surface area contributed by atoms with Gasteiger partial charge in [0.15, 0.2) is 5.78 Å². The van der Waals surface area contributed by atoms with Crippen LogP contribution < -0.4 is 0 Å². The minimum Gasteiger partial charge on any atom is -0.289 e. The molecule has 0 amide bonds. The van der Waals surface area contributed by atoms with Gasteiger partial charge in [-0.25, -0.2) is 0 Å². The van der Waals surface area contributed by atoms with E-state index >= 15 is 0 Å². The summed E-state index contributed by atoms with van der Waals surface area (Å²) in [5.74, 6) is -0.0969. The van der Waals surface area contributed by atoms with Crippen molar-refractivity contribution in [2.75, 3.05) is 7.05 Å². The van der Waals surface area contributed by atoms with E-state index in [1.807, 2.05) is 37.3 Å². The first-order chi connectivity index (χ1) is 8.59. The van der Waals surface area contributed by atoms with Gasteiger partial charge in [-0.15, -0.1) is 0 Å². The standard InChI is InChI=1S/C15H15NO2/c1-11-8-9-14(17)13(10-11)15(16(2)18)12-6-4-3-5-7-12/h3-10,18H,1-2H3/b15-13+. The Labute approximate surface area is 106 Å². The van der Waals surface area contributed by atoms with Gasteiger partial charge >= 0.3 is 0 Å². The Kier molecular flexibility index (Phi) is 3.44. The number of rotatable bonds is 2. The van der Waals surface area contributed by atoms with Crippen molar-refractivity contribution >= 4 is 11.5 Å². The molecule has 0 unspecified atom stereocenters. The molecule has 1 aromatic rings. The highest BCUT2D eigenvalue weighted by Gasteiger charge is 2.18. The summed E-state index contributed by atoms with van der Waals surface area (Å²) in [5.41, 5.74) is 2.82. The van der Waals surface area contributed by atoms with Crippen molar-refractivity contribution in [2.45, 2.75) is 6.92 Å². The second kappa shape index (κ2) is 5.02. The molecular formula is C15H15NO2. The molecule has 0 atom stereocenters. The first-order valence-electron chi connectivity index (χ1n) is 5.72. The predicted molar refractivity (Wildman–Crippen MR) is 70.8 cm³/mol.